The zero-order valence-electron chi connectivity index (χ0n) is 11.9. The van der Waals surface area contributed by atoms with E-state index in [0.717, 1.165) is 29.4 Å². The van der Waals surface area contributed by atoms with Gasteiger partial charge in [0, 0.05) is 11.8 Å². The van der Waals surface area contributed by atoms with Crippen LogP contribution in [0.15, 0.2) is 28.7 Å². The molecule has 0 aliphatic carbocycles. The van der Waals surface area contributed by atoms with Crippen molar-refractivity contribution in [2.75, 3.05) is 0 Å². The Morgan fingerprint density at radius 2 is 1.95 bits per heavy atom. The fraction of sp³-hybridized carbons (Fsp3) is 0.471. The quantitative estimate of drug-likeness (QED) is 0.499. The molecule has 2 aromatic rings. The third-order valence-corrected chi connectivity index (χ3v) is 3.52. The molecule has 0 spiro atoms. The molecule has 0 aliphatic rings. The Morgan fingerprint density at radius 1 is 1.16 bits per heavy atom. The summed E-state index contributed by atoms with van der Waals surface area (Å²) in [4.78, 5) is 12.1. The first-order chi connectivity index (χ1) is 9.22. The summed E-state index contributed by atoms with van der Waals surface area (Å²) in [7, 11) is 0. The SMILES string of the molecule is CCCCCCCC(=O)c1cc2cccc(C)c2o1. The molecule has 0 radical (unpaired) electrons. The highest BCUT2D eigenvalue weighted by atomic mass is 16.3. The van der Waals surface area contributed by atoms with Crippen molar-refractivity contribution in [3.8, 4) is 0 Å². The highest BCUT2D eigenvalue weighted by Crippen LogP contribution is 2.23. The molecule has 1 aromatic carbocycles. The van der Waals surface area contributed by atoms with Crippen LogP contribution < -0.4 is 0 Å². The van der Waals surface area contributed by atoms with Crippen molar-refractivity contribution < 1.29 is 9.21 Å². The van der Waals surface area contributed by atoms with Gasteiger partial charge in [0.15, 0.2) is 11.5 Å². The fourth-order valence-electron chi connectivity index (χ4n) is 2.36. The number of rotatable bonds is 7. The molecule has 0 saturated heterocycles. The van der Waals surface area contributed by atoms with Crippen molar-refractivity contribution >= 4 is 16.8 Å². The third-order valence-electron chi connectivity index (χ3n) is 3.52. The van der Waals surface area contributed by atoms with Gasteiger partial charge in [-0.15, -0.1) is 0 Å². The lowest BCUT2D eigenvalue weighted by atomic mass is 10.1. The molecule has 0 fully saturated rings. The maximum Gasteiger partial charge on any atom is 0.198 e. The molecule has 0 bridgehead atoms. The van der Waals surface area contributed by atoms with Crippen molar-refractivity contribution in [1.29, 1.82) is 0 Å². The average molecular weight is 258 g/mol. The van der Waals surface area contributed by atoms with Crippen molar-refractivity contribution in [3.05, 3.63) is 35.6 Å². The second kappa shape index (κ2) is 6.55. The number of carbonyl (C=O) groups is 1. The molecule has 2 nitrogen and oxygen atoms in total. The number of ketones is 1. The number of aryl methyl sites for hydroxylation is 1. The zero-order chi connectivity index (χ0) is 13.7. The molecule has 102 valence electrons. The van der Waals surface area contributed by atoms with E-state index in [-0.39, 0.29) is 5.78 Å². The fourth-order valence-corrected chi connectivity index (χ4v) is 2.36. The topological polar surface area (TPSA) is 30.2 Å². The monoisotopic (exact) mass is 258 g/mol. The van der Waals surface area contributed by atoms with Crippen LogP contribution in [0.3, 0.4) is 0 Å². The number of Topliss-reactive ketones (excluding diaryl/α,β-unsaturated/α-hetero) is 1. The van der Waals surface area contributed by atoms with E-state index in [1.807, 2.05) is 31.2 Å². The van der Waals surface area contributed by atoms with Gasteiger partial charge in [-0.25, -0.2) is 0 Å². The minimum absolute atomic E-state index is 0.132. The van der Waals surface area contributed by atoms with Gasteiger partial charge in [0.25, 0.3) is 0 Å². The van der Waals surface area contributed by atoms with Crippen molar-refractivity contribution in [1.82, 2.24) is 0 Å². The summed E-state index contributed by atoms with van der Waals surface area (Å²) in [5.41, 5.74) is 1.93. The molecule has 0 N–H and O–H groups in total. The lowest BCUT2D eigenvalue weighted by molar-refractivity contribution is 0.0954. The summed E-state index contributed by atoms with van der Waals surface area (Å²) in [6.07, 6.45) is 6.42. The Bertz CT molecular complexity index is 551. The number of hydrogen-bond donors (Lipinski definition) is 0. The molecular formula is C17H22O2. The van der Waals surface area contributed by atoms with Gasteiger partial charge in [-0.1, -0.05) is 50.8 Å². The molecule has 2 rings (SSSR count). The number of benzene rings is 1. The summed E-state index contributed by atoms with van der Waals surface area (Å²) >= 11 is 0. The first kappa shape index (κ1) is 13.9. The Kier molecular flexibility index (Phi) is 4.78. The predicted molar refractivity (Wildman–Crippen MR) is 78.7 cm³/mol. The molecule has 19 heavy (non-hydrogen) atoms. The number of para-hydroxylation sites is 1. The molecule has 1 heterocycles. The average Bonchev–Trinajstić information content (AvgIpc) is 2.84. The van der Waals surface area contributed by atoms with Crippen molar-refractivity contribution in [3.63, 3.8) is 0 Å². The van der Waals surface area contributed by atoms with E-state index < -0.39 is 0 Å². The van der Waals surface area contributed by atoms with E-state index in [2.05, 4.69) is 6.92 Å². The molecule has 1 aromatic heterocycles. The van der Waals surface area contributed by atoms with Crippen molar-refractivity contribution in [2.24, 2.45) is 0 Å². The molecule has 0 unspecified atom stereocenters. The van der Waals surface area contributed by atoms with Crippen LogP contribution in [0.4, 0.5) is 0 Å². The van der Waals surface area contributed by atoms with Gasteiger partial charge >= 0.3 is 0 Å². The van der Waals surface area contributed by atoms with E-state index in [4.69, 9.17) is 4.42 Å². The minimum Gasteiger partial charge on any atom is -0.453 e. The van der Waals surface area contributed by atoms with Crippen LogP contribution in [0.25, 0.3) is 11.0 Å². The van der Waals surface area contributed by atoms with Crippen LogP contribution in [-0.4, -0.2) is 5.78 Å². The van der Waals surface area contributed by atoms with Gasteiger partial charge in [0.1, 0.15) is 5.58 Å². The van der Waals surface area contributed by atoms with Crippen molar-refractivity contribution in [2.45, 2.75) is 52.4 Å². The largest absolute Gasteiger partial charge is 0.453 e. The summed E-state index contributed by atoms with van der Waals surface area (Å²) in [5, 5.41) is 1.02. The van der Waals surface area contributed by atoms with E-state index in [0.29, 0.717) is 12.2 Å². The number of unbranched alkanes of at least 4 members (excludes halogenated alkanes) is 4. The smallest absolute Gasteiger partial charge is 0.198 e. The van der Waals surface area contributed by atoms with Crippen LogP contribution in [-0.2, 0) is 0 Å². The highest BCUT2D eigenvalue weighted by molar-refractivity contribution is 5.98. The summed E-state index contributed by atoms with van der Waals surface area (Å²) < 4.78 is 5.69. The normalized spacial score (nSPS) is 11.1. The maximum atomic E-state index is 12.1. The van der Waals surface area contributed by atoms with Crippen LogP contribution in [0.2, 0.25) is 0 Å². The zero-order valence-corrected chi connectivity index (χ0v) is 11.9. The Balaban J connectivity index is 1.96. The first-order valence-corrected chi connectivity index (χ1v) is 7.24. The van der Waals surface area contributed by atoms with Gasteiger partial charge in [-0.3, -0.25) is 4.79 Å². The van der Waals surface area contributed by atoms with Gasteiger partial charge < -0.3 is 4.42 Å². The van der Waals surface area contributed by atoms with Crippen LogP contribution in [0.1, 0.15) is 61.6 Å². The molecular weight excluding hydrogens is 236 g/mol. The number of carbonyl (C=O) groups excluding carboxylic acids is 1. The minimum atomic E-state index is 0.132. The summed E-state index contributed by atoms with van der Waals surface area (Å²) in [5.74, 6) is 0.645. The molecule has 0 aliphatic heterocycles. The lowest BCUT2D eigenvalue weighted by Crippen LogP contribution is -1.96. The van der Waals surface area contributed by atoms with E-state index >= 15 is 0 Å². The molecule has 0 saturated carbocycles. The summed E-state index contributed by atoms with van der Waals surface area (Å²) in [6.45, 7) is 4.20. The molecule has 2 heteroatoms. The number of fused-ring (bicyclic) bond motifs is 1. The Hall–Kier alpha value is -1.57. The lowest BCUT2D eigenvalue weighted by Gasteiger charge is -1.98. The van der Waals surface area contributed by atoms with Gasteiger partial charge in [-0.05, 0) is 25.0 Å². The standard InChI is InChI=1S/C17H22O2/c1-3-4-5-6-7-11-15(18)16-12-14-10-8-9-13(2)17(14)19-16/h8-10,12H,3-7,11H2,1-2H3. The maximum absolute atomic E-state index is 12.1. The van der Waals surface area contributed by atoms with Gasteiger partial charge in [0.2, 0.25) is 0 Å². The predicted octanol–water partition coefficient (Wildman–Crippen LogP) is 5.28. The Labute approximate surface area is 114 Å². The number of hydrogen-bond acceptors (Lipinski definition) is 2. The van der Waals surface area contributed by atoms with Crippen LogP contribution >= 0.6 is 0 Å². The first-order valence-electron chi connectivity index (χ1n) is 7.24. The van der Waals surface area contributed by atoms with Crippen LogP contribution in [0, 0.1) is 6.92 Å². The van der Waals surface area contributed by atoms with Gasteiger partial charge in [-0.2, -0.15) is 0 Å². The number of furan rings is 1. The van der Waals surface area contributed by atoms with Gasteiger partial charge in [0.05, 0.1) is 0 Å². The Morgan fingerprint density at radius 3 is 2.68 bits per heavy atom. The molecule has 0 atom stereocenters. The van der Waals surface area contributed by atoms with E-state index in [9.17, 15) is 4.79 Å². The molecule has 0 amide bonds. The second-order valence-corrected chi connectivity index (χ2v) is 5.19. The third kappa shape index (κ3) is 3.46. The van der Waals surface area contributed by atoms with Crippen LogP contribution in [0.5, 0.6) is 0 Å². The second-order valence-electron chi connectivity index (χ2n) is 5.19. The van der Waals surface area contributed by atoms with E-state index in [1.54, 1.807) is 0 Å². The highest BCUT2D eigenvalue weighted by Gasteiger charge is 2.12. The summed E-state index contributed by atoms with van der Waals surface area (Å²) in [6, 6.07) is 7.86. The van der Waals surface area contributed by atoms with E-state index in [1.165, 1.54) is 19.3 Å².